The van der Waals surface area contributed by atoms with Crippen molar-refractivity contribution in [2.75, 3.05) is 27.2 Å². The van der Waals surface area contributed by atoms with Gasteiger partial charge in [-0.2, -0.15) is 0 Å². The average Bonchev–Trinajstić information content (AvgIpc) is 2.24. The highest BCUT2D eigenvalue weighted by molar-refractivity contribution is 5.76. The van der Waals surface area contributed by atoms with E-state index in [-0.39, 0.29) is 17.9 Å². The van der Waals surface area contributed by atoms with Crippen molar-refractivity contribution in [1.29, 1.82) is 0 Å². The lowest BCUT2D eigenvalue weighted by atomic mass is 10.2. The molecule has 0 aliphatic carbocycles. The summed E-state index contributed by atoms with van der Waals surface area (Å²) >= 11 is 0. The molecule has 0 aromatic carbocycles. The molecule has 88 valence electrons. The molecule has 0 rings (SSSR count). The molecular weight excluding hydrogens is 196 g/mol. The Bertz CT molecular complexity index is 219. The van der Waals surface area contributed by atoms with Crippen molar-refractivity contribution in [2.24, 2.45) is 5.92 Å². The summed E-state index contributed by atoms with van der Waals surface area (Å²) in [6.45, 7) is 4.73. The van der Waals surface area contributed by atoms with E-state index in [2.05, 4.69) is 10.1 Å². The van der Waals surface area contributed by atoms with Gasteiger partial charge in [0.05, 0.1) is 13.0 Å². The first kappa shape index (κ1) is 13.7. The van der Waals surface area contributed by atoms with Crippen molar-refractivity contribution in [3.63, 3.8) is 0 Å². The van der Waals surface area contributed by atoms with Gasteiger partial charge in [-0.05, 0) is 6.42 Å². The second-order valence-electron chi connectivity index (χ2n) is 3.54. The van der Waals surface area contributed by atoms with Crippen LogP contribution in [0.1, 0.15) is 20.3 Å². The predicted octanol–water partition coefficient (Wildman–Crippen LogP) is 0.847. The highest BCUT2D eigenvalue weighted by atomic mass is 16.5. The van der Waals surface area contributed by atoms with Crippen LogP contribution in [-0.4, -0.2) is 44.1 Å². The van der Waals surface area contributed by atoms with Gasteiger partial charge in [0.2, 0.25) is 0 Å². The van der Waals surface area contributed by atoms with Gasteiger partial charge >= 0.3 is 12.0 Å². The normalized spacial score (nSPS) is 11.7. The zero-order chi connectivity index (χ0) is 11.8. The quantitative estimate of drug-likeness (QED) is 0.693. The van der Waals surface area contributed by atoms with Crippen LogP contribution in [0, 0.1) is 5.92 Å². The summed E-state index contributed by atoms with van der Waals surface area (Å²) in [5.74, 6) is -0.600. The largest absolute Gasteiger partial charge is 0.469 e. The maximum Gasteiger partial charge on any atom is 0.317 e. The number of urea groups is 1. The van der Waals surface area contributed by atoms with Crippen molar-refractivity contribution in [1.82, 2.24) is 10.2 Å². The summed E-state index contributed by atoms with van der Waals surface area (Å²) in [7, 11) is 3.00. The molecule has 0 aliphatic rings. The molecule has 0 saturated carbocycles. The Morgan fingerprint density at radius 1 is 1.47 bits per heavy atom. The Kier molecular flexibility index (Phi) is 6.49. The first-order chi connectivity index (χ1) is 7.02. The van der Waals surface area contributed by atoms with Crippen molar-refractivity contribution in [2.45, 2.75) is 20.3 Å². The lowest BCUT2D eigenvalue weighted by molar-refractivity contribution is -0.145. The number of esters is 1. The van der Waals surface area contributed by atoms with Crippen LogP contribution in [0.3, 0.4) is 0 Å². The average molecular weight is 216 g/mol. The summed E-state index contributed by atoms with van der Waals surface area (Å²) in [6, 6.07) is -0.160. The van der Waals surface area contributed by atoms with Gasteiger partial charge in [0.25, 0.3) is 0 Å². The minimum absolute atomic E-state index is 0.160. The maximum absolute atomic E-state index is 11.4. The third-order valence-corrected chi connectivity index (χ3v) is 2.02. The molecule has 0 radical (unpaired) electrons. The van der Waals surface area contributed by atoms with Crippen LogP contribution in [0.15, 0.2) is 0 Å². The number of hydrogen-bond donors (Lipinski definition) is 1. The predicted molar refractivity (Wildman–Crippen MR) is 57.5 cm³/mol. The first-order valence-corrected chi connectivity index (χ1v) is 5.09. The van der Waals surface area contributed by atoms with Crippen molar-refractivity contribution < 1.29 is 14.3 Å². The molecule has 0 saturated heterocycles. The SMILES string of the molecule is CCCNC(=O)N(C)CC(C)C(=O)OC. The summed E-state index contributed by atoms with van der Waals surface area (Å²) in [5.41, 5.74) is 0. The smallest absolute Gasteiger partial charge is 0.317 e. The number of carbonyl (C=O) groups is 2. The molecule has 0 aromatic heterocycles. The lowest BCUT2D eigenvalue weighted by Crippen LogP contribution is -2.41. The van der Waals surface area contributed by atoms with Gasteiger partial charge in [0.1, 0.15) is 0 Å². The molecule has 2 amide bonds. The Morgan fingerprint density at radius 2 is 2.07 bits per heavy atom. The van der Waals surface area contributed by atoms with E-state index in [1.54, 1.807) is 14.0 Å². The van der Waals surface area contributed by atoms with E-state index >= 15 is 0 Å². The Morgan fingerprint density at radius 3 is 2.53 bits per heavy atom. The molecule has 1 unspecified atom stereocenters. The number of ether oxygens (including phenoxy) is 1. The second kappa shape index (κ2) is 7.09. The van der Waals surface area contributed by atoms with Gasteiger partial charge in [-0.1, -0.05) is 13.8 Å². The topological polar surface area (TPSA) is 58.6 Å². The van der Waals surface area contributed by atoms with Crippen molar-refractivity contribution in [3.8, 4) is 0 Å². The molecule has 0 spiro atoms. The molecule has 1 N–H and O–H groups in total. The zero-order valence-corrected chi connectivity index (χ0v) is 9.87. The summed E-state index contributed by atoms with van der Waals surface area (Å²) < 4.78 is 4.58. The Hall–Kier alpha value is -1.26. The molecule has 0 aliphatic heterocycles. The van der Waals surface area contributed by atoms with Crippen LogP contribution < -0.4 is 5.32 Å². The minimum Gasteiger partial charge on any atom is -0.469 e. The molecule has 5 nitrogen and oxygen atoms in total. The zero-order valence-electron chi connectivity index (χ0n) is 9.87. The Balaban J connectivity index is 3.95. The number of hydrogen-bond acceptors (Lipinski definition) is 3. The third-order valence-electron chi connectivity index (χ3n) is 2.02. The molecule has 1 atom stereocenters. The van der Waals surface area contributed by atoms with E-state index in [0.717, 1.165) is 6.42 Å². The molecule has 0 fully saturated rings. The fourth-order valence-electron chi connectivity index (χ4n) is 1.14. The number of amides is 2. The molecule has 0 heterocycles. The van der Waals surface area contributed by atoms with E-state index in [4.69, 9.17) is 0 Å². The highest BCUT2D eigenvalue weighted by Gasteiger charge is 2.17. The van der Waals surface area contributed by atoms with Crippen LogP contribution >= 0.6 is 0 Å². The van der Waals surface area contributed by atoms with E-state index in [1.807, 2.05) is 6.92 Å². The third kappa shape index (κ3) is 5.24. The van der Waals surface area contributed by atoms with Crippen molar-refractivity contribution >= 4 is 12.0 Å². The van der Waals surface area contributed by atoms with Crippen LogP contribution in [0.2, 0.25) is 0 Å². The molecule has 0 aromatic rings. The first-order valence-electron chi connectivity index (χ1n) is 5.09. The highest BCUT2D eigenvalue weighted by Crippen LogP contribution is 2.00. The summed E-state index contributed by atoms with van der Waals surface area (Å²) in [6.07, 6.45) is 0.895. The molecular formula is C10H20N2O3. The summed E-state index contributed by atoms with van der Waals surface area (Å²) in [5, 5.41) is 2.73. The van der Waals surface area contributed by atoms with Crippen LogP contribution in [-0.2, 0) is 9.53 Å². The minimum atomic E-state index is -0.301. The van der Waals surface area contributed by atoms with Gasteiger partial charge in [-0.15, -0.1) is 0 Å². The summed E-state index contributed by atoms with van der Waals surface area (Å²) in [4.78, 5) is 24.0. The van der Waals surface area contributed by atoms with Gasteiger partial charge in [0, 0.05) is 20.1 Å². The van der Waals surface area contributed by atoms with E-state index < -0.39 is 0 Å². The number of nitrogens with one attached hydrogen (secondary N) is 1. The number of carbonyl (C=O) groups excluding carboxylic acids is 2. The van der Waals surface area contributed by atoms with Gasteiger partial charge in [-0.3, -0.25) is 4.79 Å². The van der Waals surface area contributed by atoms with E-state index in [0.29, 0.717) is 13.1 Å². The fraction of sp³-hybridized carbons (Fsp3) is 0.800. The number of rotatable bonds is 5. The number of methoxy groups -OCH3 is 1. The van der Waals surface area contributed by atoms with E-state index in [9.17, 15) is 9.59 Å². The van der Waals surface area contributed by atoms with Gasteiger partial charge in [-0.25, -0.2) is 4.79 Å². The van der Waals surface area contributed by atoms with Crippen LogP contribution in [0.4, 0.5) is 4.79 Å². The lowest BCUT2D eigenvalue weighted by Gasteiger charge is -2.20. The fourth-order valence-corrected chi connectivity index (χ4v) is 1.14. The standard InChI is InChI=1S/C10H20N2O3/c1-5-6-11-10(14)12(3)7-8(2)9(13)15-4/h8H,5-7H2,1-4H3,(H,11,14). The van der Waals surface area contributed by atoms with E-state index in [1.165, 1.54) is 12.0 Å². The number of nitrogens with zero attached hydrogens (tertiary/aromatic N) is 1. The second-order valence-corrected chi connectivity index (χ2v) is 3.54. The molecule has 0 bridgehead atoms. The molecule has 15 heavy (non-hydrogen) atoms. The Labute approximate surface area is 90.8 Å². The van der Waals surface area contributed by atoms with Gasteiger partial charge < -0.3 is 15.0 Å². The molecule has 5 heteroatoms. The van der Waals surface area contributed by atoms with Gasteiger partial charge in [0.15, 0.2) is 0 Å². The monoisotopic (exact) mass is 216 g/mol. The maximum atomic E-state index is 11.4. The van der Waals surface area contributed by atoms with Crippen molar-refractivity contribution in [3.05, 3.63) is 0 Å². The van der Waals surface area contributed by atoms with Crippen LogP contribution in [0.5, 0.6) is 0 Å². The van der Waals surface area contributed by atoms with Crippen LogP contribution in [0.25, 0.3) is 0 Å².